The Morgan fingerprint density at radius 2 is 2.03 bits per heavy atom. The molecule has 2 atom stereocenters. The van der Waals surface area contributed by atoms with Gasteiger partial charge in [-0.15, -0.1) is 0 Å². The van der Waals surface area contributed by atoms with E-state index in [2.05, 4.69) is 25.3 Å². The Labute approximate surface area is 174 Å². The number of halogens is 3. The van der Waals surface area contributed by atoms with E-state index in [0.717, 1.165) is 18.6 Å². The third kappa shape index (κ3) is 3.68. The van der Waals surface area contributed by atoms with Crippen molar-refractivity contribution in [3.05, 3.63) is 48.5 Å². The van der Waals surface area contributed by atoms with Crippen LogP contribution >= 0.6 is 0 Å². The van der Waals surface area contributed by atoms with E-state index in [9.17, 15) is 13.2 Å². The van der Waals surface area contributed by atoms with E-state index < -0.39 is 11.7 Å². The minimum atomic E-state index is -4.40. The molecular formula is C21H19F3N6O. The Morgan fingerprint density at radius 3 is 2.84 bits per heavy atom. The molecule has 0 aliphatic carbocycles. The molecule has 1 saturated heterocycles. The Kier molecular flexibility index (Phi) is 4.75. The number of alkyl halides is 3. The van der Waals surface area contributed by atoms with Crippen LogP contribution in [0.2, 0.25) is 0 Å². The van der Waals surface area contributed by atoms with Gasteiger partial charge in [0.1, 0.15) is 0 Å². The molecule has 1 aliphatic rings. The summed E-state index contributed by atoms with van der Waals surface area (Å²) in [4.78, 5) is 16.2. The third-order valence-electron chi connectivity index (χ3n) is 5.51. The Hall–Kier alpha value is -3.24. The van der Waals surface area contributed by atoms with Crippen LogP contribution in [0.15, 0.2) is 43.0 Å². The molecule has 1 aliphatic heterocycles. The fourth-order valence-electron chi connectivity index (χ4n) is 3.82. The quantitative estimate of drug-likeness (QED) is 0.460. The van der Waals surface area contributed by atoms with Crippen molar-refractivity contribution in [3.8, 4) is 11.1 Å². The molecule has 31 heavy (non-hydrogen) atoms. The summed E-state index contributed by atoms with van der Waals surface area (Å²) in [6.45, 7) is 1.10. The Bertz CT molecular complexity index is 1260. The van der Waals surface area contributed by atoms with Crippen molar-refractivity contribution in [2.24, 2.45) is 5.73 Å². The fraction of sp³-hybridized carbons (Fsp3) is 0.286. The molecule has 0 unspecified atom stereocenters. The van der Waals surface area contributed by atoms with E-state index in [1.807, 2.05) is 0 Å². The predicted molar refractivity (Wildman–Crippen MR) is 110 cm³/mol. The molecule has 3 aromatic heterocycles. The van der Waals surface area contributed by atoms with Gasteiger partial charge in [0.2, 0.25) is 5.95 Å². The molecule has 1 fully saturated rings. The smallest absolute Gasteiger partial charge is 0.379 e. The van der Waals surface area contributed by atoms with E-state index >= 15 is 0 Å². The zero-order valence-corrected chi connectivity index (χ0v) is 16.3. The highest BCUT2D eigenvalue weighted by Crippen LogP contribution is 2.36. The molecule has 0 radical (unpaired) electrons. The van der Waals surface area contributed by atoms with Crippen molar-refractivity contribution in [2.45, 2.75) is 24.7 Å². The molecule has 0 amide bonds. The Morgan fingerprint density at radius 1 is 1.16 bits per heavy atom. The number of nitrogens with two attached hydrogens (primary N) is 1. The summed E-state index contributed by atoms with van der Waals surface area (Å²) in [5, 5.41) is 4.60. The third-order valence-corrected chi connectivity index (χ3v) is 5.51. The second-order valence-electron chi connectivity index (χ2n) is 7.56. The highest BCUT2D eigenvalue weighted by Gasteiger charge is 2.31. The predicted octanol–water partition coefficient (Wildman–Crippen LogP) is 3.72. The summed E-state index contributed by atoms with van der Waals surface area (Å²) in [6, 6.07) is 3.46. The zero-order valence-electron chi connectivity index (χ0n) is 16.3. The van der Waals surface area contributed by atoms with E-state index in [1.165, 1.54) is 6.07 Å². The van der Waals surface area contributed by atoms with Crippen molar-refractivity contribution in [1.82, 2.24) is 19.9 Å². The summed E-state index contributed by atoms with van der Waals surface area (Å²) in [5.74, 6) is 0.407. The molecule has 4 heterocycles. The van der Waals surface area contributed by atoms with Gasteiger partial charge in [0.05, 0.1) is 23.7 Å². The lowest BCUT2D eigenvalue weighted by Gasteiger charge is -2.29. The van der Waals surface area contributed by atoms with Crippen LogP contribution in [-0.4, -0.2) is 45.2 Å². The van der Waals surface area contributed by atoms with Gasteiger partial charge in [-0.1, -0.05) is 6.07 Å². The molecule has 4 N–H and O–H groups in total. The molecular weight excluding hydrogens is 409 g/mol. The number of hydrogen-bond acceptors (Lipinski definition) is 6. The summed E-state index contributed by atoms with van der Waals surface area (Å²) in [5.41, 5.74) is 7.89. The van der Waals surface area contributed by atoms with Crippen LogP contribution in [0.25, 0.3) is 32.9 Å². The van der Waals surface area contributed by atoms with Gasteiger partial charge in [-0.2, -0.15) is 13.2 Å². The highest BCUT2D eigenvalue weighted by molar-refractivity contribution is 6.03. The van der Waals surface area contributed by atoms with Gasteiger partial charge in [-0.05, 0) is 18.6 Å². The van der Waals surface area contributed by atoms with Crippen molar-refractivity contribution >= 4 is 27.8 Å². The fourth-order valence-corrected chi connectivity index (χ4v) is 3.82. The van der Waals surface area contributed by atoms with E-state index in [-0.39, 0.29) is 12.1 Å². The molecule has 10 heteroatoms. The number of nitrogens with one attached hydrogen (secondary N) is 2. The maximum Gasteiger partial charge on any atom is 0.416 e. The maximum absolute atomic E-state index is 13.1. The van der Waals surface area contributed by atoms with Crippen LogP contribution in [0, 0.1) is 0 Å². The van der Waals surface area contributed by atoms with Crippen molar-refractivity contribution in [1.29, 1.82) is 0 Å². The summed E-state index contributed by atoms with van der Waals surface area (Å²) < 4.78 is 44.6. The minimum absolute atomic E-state index is 0.0681. The number of rotatable bonds is 3. The number of aromatic nitrogens is 4. The lowest BCUT2D eigenvalue weighted by atomic mass is 10.0. The largest absolute Gasteiger partial charge is 0.416 e. The number of aromatic amines is 1. The lowest BCUT2D eigenvalue weighted by Crippen LogP contribution is -2.47. The first-order valence-corrected chi connectivity index (χ1v) is 9.79. The topological polar surface area (TPSA) is 102 Å². The van der Waals surface area contributed by atoms with Gasteiger partial charge < -0.3 is 20.8 Å². The van der Waals surface area contributed by atoms with Crippen LogP contribution < -0.4 is 11.1 Å². The van der Waals surface area contributed by atoms with Crippen LogP contribution in [0.1, 0.15) is 12.0 Å². The molecule has 0 bridgehead atoms. The maximum atomic E-state index is 13.1. The number of ether oxygens (including phenoxy) is 1. The summed E-state index contributed by atoms with van der Waals surface area (Å²) in [7, 11) is 0. The highest BCUT2D eigenvalue weighted by atomic mass is 19.4. The number of benzene rings is 1. The SMILES string of the molecule is N[C@H]1CCOC[C@H]1Nc1ncc2cncc(-c3c[nH]c4cc(C(F)(F)F)ccc34)c2n1. The number of pyridine rings is 1. The zero-order chi connectivity index (χ0) is 21.6. The number of fused-ring (bicyclic) bond motifs is 2. The van der Waals surface area contributed by atoms with Crippen LogP contribution in [0.3, 0.4) is 0 Å². The van der Waals surface area contributed by atoms with Crippen LogP contribution in [0.5, 0.6) is 0 Å². The molecule has 7 nitrogen and oxygen atoms in total. The standard InChI is InChI=1S/C21H19F3N6O/c22-21(23,24)12-1-2-13-14(9-27-17(13)5-12)15-8-26-6-11-7-28-20(30-19(11)15)29-18-10-31-4-3-16(18)25/h1-2,5-9,16,18,27H,3-4,10,25H2,(H,28,29,30)/t16-,18+/m0/s1. The first-order chi connectivity index (χ1) is 14.9. The molecule has 5 rings (SSSR count). The first kappa shape index (κ1) is 19.7. The average Bonchev–Trinajstić information content (AvgIpc) is 3.17. The van der Waals surface area contributed by atoms with E-state index in [0.29, 0.717) is 52.1 Å². The lowest BCUT2D eigenvalue weighted by molar-refractivity contribution is -0.137. The summed E-state index contributed by atoms with van der Waals surface area (Å²) in [6.07, 6.45) is 2.96. The number of hydrogen-bond donors (Lipinski definition) is 3. The summed E-state index contributed by atoms with van der Waals surface area (Å²) >= 11 is 0. The second-order valence-corrected chi connectivity index (χ2v) is 7.56. The van der Waals surface area contributed by atoms with Gasteiger partial charge in [-0.3, -0.25) is 4.98 Å². The van der Waals surface area contributed by atoms with E-state index in [4.69, 9.17) is 10.5 Å². The number of anilines is 1. The normalized spacial score (nSPS) is 19.7. The molecule has 4 aromatic rings. The average molecular weight is 428 g/mol. The molecule has 0 spiro atoms. The van der Waals surface area contributed by atoms with Gasteiger partial charge in [0, 0.05) is 64.9 Å². The van der Waals surface area contributed by atoms with Crippen LogP contribution in [0.4, 0.5) is 19.1 Å². The van der Waals surface area contributed by atoms with Crippen molar-refractivity contribution in [3.63, 3.8) is 0 Å². The van der Waals surface area contributed by atoms with Gasteiger partial charge in [0.25, 0.3) is 0 Å². The van der Waals surface area contributed by atoms with Gasteiger partial charge in [0.15, 0.2) is 0 Å². The first-order valence-electron chi connectivity index (χ1n) is 9.79. The molecule has 160 valence electrons. The van der Waals surface area contributed by atoms with Gasteiger partial charge >= 0.3 is 6.18 Å². The number of nitrogens with zero attached hydrogens (tertiary/aromatic N) is 3. The van der Waals surface area contributed by atoms with Crippen molar-refractivity contribution < 1.29 is 17.9 Å². The molecule has 1 aromatic carbocycles. The minimum Gasteiger partial charge on any atom is -0.379 e. The van der Waals surface area contributed by atoms with Crippen LogP contribution in [-0.2, 0) is 10.9 Å². The second kappa shape index (κ2) is 7.47. The van der Waals surface area contributed by atoms with E-state index in [1.54, 1.807) is 24.8 Å². The van der Waals surface area contributed by atoms with Crippen molar-refractivity contribution in [2.75, 3.05) is 18.5 Å². The van der Waals surface area contributed by atoms with Gasteiger partial charge in [-0.25, -0.2) is 9.97 Å². The Balaban J connectivity index is 1.57. The monoisotopic (exact) mass is 428 g/mol. The molecule has 0 saturated carbocycles. The number of H-pyrrole nitrogens is 1.